The van der Waals surface area contributed by atoms with Crippen LogP contribution < -0.4 is 0 Å². The topological polar surface area (TPSA) is 87.0 Å². The van der Waals surface area contributed by atoms with Crippen molar-refractivity contribution in [1.29, 1.82) is 0 Å². The van der Waals surface area contributed by atoms with E-state index in [0.717, 1.165) is 0 Å². The zero-order valence-electron chi connectivity index (χ0n) is 4.99. The Labute approximate surface area is 58.9 Å². The summed E-state index contributed by atoms with van der Waals surface area (Å²) in [5.74, 6) is -4.00. The molecule has 0 heterocycles. The number of hydrogen-bond donors (Lipinski definition) is 2. The van der Waals surface area contributed by atoms with Gasteiger partial charge in [0.1, 0.15) is 0 Å². The summed E-state index contributed by atoms with van der Waals surface area (Å²) < 4.78 is 22.8. The van der Waals surface area contributed by atoms with E-state index in [0.29, 0.717) is 0 Å². The predicted octanol–water partition coefficient (Wildman–Crippen LogP) is -0.265. The molecule has 0 aromatic carbocycles. The first kappa shape index (κ1) is 9.47. The van der Waals surface area contributed by atoms with Crippen molar-refractivity contribution >= 4 is 17.5 Å². The number of alkyl halides is 2. The van der Waals surface area contributed by atoms with E-state index < -0.39 is 23.9 Å². The lowest BCUT2D eigenvalue weighted by Gasteiger charge is -1.94. The number of carbonyl (C=O) groups excluding carboxylic acids is 1. The number of nitrogens with zero attached hydrogens (tertiary/aromatic N) is 1. The Morgan fingerprint density at radius 3 is 1.91 bits per heavy atom. The van der Waals surface area contributed by atoms with E-state index in [9.17, 15) is 18.4 Å². The average Bonchev–Trinajstić information content (AvgIpc) is 1.88. The first-order valence-corrected chi connectivity index (χ1v) is 2.28. The quantitative estimate of drug-likeness (QED) is 0.262. The molecular formula is C4H3F2NO4. The lowest BCUT2D eigenvalue weighted by atomic mass is 10.2. The molecule has 7 heteroatoms. The van der Waals surface area contributed by atoms with E-state index in [-0.39, 0.29) is 0 Å². The largest absolute Gasteiger partial charge is 0.476 e. The molecule has 0 fully saturated rings. The maximum atomic E-state index is 11.4. The summed E-state index contributed by atoms with van der Waals surface area (Å²) in [4.78, 5) is 19.9. The Bertz CT molecular complexity index is 212. The molecule has 0 amide bonds. The van der Waals surface area contributed by atoms with Crippen LogP contribution in [0.15, 0.2) is 5.16 Å². The maximum Gasteiger partial charge on any atom is 0.361 e. The van der Waals surface area contributed by atoms with Crippen LogP contribution in [0.1, 0.15) is 0 Å². The summed E-state index contributed by atoms with van der Waals surface area (Å²) in [6.07, 6.45) is -3.48. The molecule has 0 spiro atoms. The molecule has 0 saturated carbocycles. The van der Waals surface area contributed by atoms with Crippen LogP contribution in [0.4, 0.5) is 8.78 Å². The number of halogens is 2. The number of carboxylic acid groups (broad SMARTS) is 1. The smallest absolute Gasteiger partial charge is 0.361 e. The summed E-state index contributed by atoms with van der Waals surface area (Å²) >= 11 is 0. The molecule has 0 bridgehead atoms. The third-order valence-corrected chi connectivity index (χ3v) is 0.734. The van der Waals surface area contributed by atoms with Crippen LogP contribution in [0.25, 0.3) is 0 Å². The minimum atomic E-state index is -3.48. The summed E-state index contributed by atoms with van der Waals surface area (Å²) in [5, 5.41) is 17.6. The first-order chi connectivity index (χ1) is 5.00. The Hall–Kier alpha value is -1.53. The fourth-order valence-corrected chi connectivity index (χ4v) is 0.301. The summed E-state index contributed by atoms with van der Waals surface area (Å²) in [7, 11) is 0. The van der Waals surface area contributed by atoms with Gasteiger partial charge in [-0.3, -0.25) is 4.79 Å². The highest BCUT2D eigenvalue weighted by atomic mass is 19.3. The number of hydrogen-bond acceptors (Lipinski definition) is 4. The van der Waals surface area contributed by atoms with E-state index in [2.05, 4.69) is 0 Å². The van der Waals surface area contributed by atoms with Gasteiger partial charge in [0.05, 0.1) is 0 Å². The van der Waals surface area contributed by atoms with Crippen molar-refractivity contribution in [3.05, 3.63) is 0 Å². The number of ketones is 1. The van der Waals surface area contributed by atoms with Gasteiger partial charge >= 0.3 is 12.4 Å². The normalized spacial score (nSPS) is 11.7. The molecule has 0 aromatic rings. The van der Waals surface area contributed by atoms with Gasteiger partial charge in [-0.15, -0.1) is 0 Å². The number of rotatable bonds is 3. The molecule has 5 nitrogen and oxygen atoms in total. The Morgan fingerprint density at radius 2 is 1.82 bits per heavy atom. The van der Waals surface area contributed by atoms with Crippen LogP contribution >= 0.6 is 0 Å². The summed E-state index contributed by atoms with van der Waals surface area (Å²) in [5.41, 5.74) is -1.57. The first-order valence-electron chi connectivity index (χ1n) is 2.28. The zero-order valence-corrected chi connectivity index (χ0v) is 4.99. The molecule has 0 rings (SSSR count). The standard InChI is InChI=1S/C4H3F2NO4/c5-3(6)2(8)1(7-11)4(9)10/h3,11H,(H,9,10)/b7-1+. The van der Waals surface area contributed by atoms with Gasteiger partial charge < -0.3 is 10.3 Å². The second-order valence-electron chi connectivity index (χ2n) is 1.42. The van der Waals surface area contributed by atoms with Crippen molar-refractivity contribution in [3.8, 4) is 0 Å². The van der Waals surface area contributed by atoms with Crippen LogP contribution in [0.5, 0.6) is 0 Å². The number of oxime groups is 1. The summed E-state index contributed by atoms with van der Waals surface area (Å²) in [6, 6.07) is 0. The van der Waals surface area contributed by atoms with Crippen LogP contribution in [-0.4, -0.2) is 34.2 Å². The Morgan fingerprint density at radius 1 is 1.36 bits per heavy atom. The highest BCUT2D eigenvalue weighted by molar-refractivity contribution is 6.64. The minimum Gasteiger partial charge on any atom is -0.476 e. The SMILES string of the molecule is O=C(O)/C(=N/O)C(=O)C(F)F. The lowest BCUT2D eigenvalue weighted by molar-refractivity contribution is -0.132. The average molecular weight is 167 g/mol. The van der Waals surface area contributed by atoms with Crippen LogP contribution in [0, 0.1) is 0 Å². The van der Waals surface area contributed by atoms with E-state index >= 15 is 0 Å². The lowest BCUT2D eigenvalue weighted by Crippen LogP contribution is -2.29. The highest BCUT2D eigenvalue weighted by Gasteiger charge is 2.28. The van der Waals surface area contributed by atoms with Gasteiger partial charge in [-0.25, -0.2) is 13.6 Å². The molecule has 2 N–H and O–H groups in total. The van der Waals surface area contributed by atoms with Crippen molar-refractivity contribution in [2.45, 2.75) is 6.43 Å². The number of aliphatic carboxylic acids is 1. The molecule has 0 radical (unpaired) electrons. The minimum absolute atomic E-state index is 1.57. The third-order valence-electron chi connectivity index (χ3n) is 0.734. The van der Waals surface area contributed by atoms with E-state index in [1.165, 1.54) is 0 Å². The zero-order chi connectivity index (χ0) is 9.02. The second kappa shape index (κ2) is 3.59. The van der Waals surface area contributed by atoms with Crippen molar-refractivity contribution < 1.29 is 28.7 Å². The third kappa shape index (κ3) is 2.28. The fourth-order valence-electron chi connectivity index (χ4n) is 0.301. The number of carboxylic acids is 1. The maximum absolute atomic E-state index is 11.4. The molecule has 62 valence electrons. The van der Waals surface area contributed by atoms with Gasteiger partial charge in [0.25, 0.3) is 5.78 Å². The Kier molecular flexibility index (Phi) is 3.09. The van der Waals surface area contributed by atoms with Crippen molar-refractivity contribution in [1.82, 2.24) is 0 Å². The van der Waals surface area contributed by atoms with Gasteiger partial charge in [0.15, 0.2) is 0 Å². The molecule has 0 unspecified atom stereocenters. The highest BCUT2D eigenvalue weighted by Crippen LogP contribution is 1.96. The Balaban J connectivity index is 4.55. The molecule has 0 aliphatic carbocycles. The van der Waals surface area contributed by atoms with Crippen molar-refractivity contribution in [2.24, 2.45) is 5.16 Å². The summed E-state index contributed by atoms with van der Waals surface area (Å²) in [6.45, 7) is 0. The van der Waals surface area contributed by atoms with Gasteiger partial charge in [0, 0.05) is 0 Å². The molecule has 0 aromatic heterocycles. The molecule has 0 atom stereocenters. The van der Waals surface area contributed by atoms with Crippen molar-refractivity contribution in [3.63, 3.8) is 0 Å². The second-order valence-corrected chi connectivity index (χ2v) is 1.42. The number of carbonyl (C=O) groups is 2. The van der Waals surface area contributed by atoms with E-state index in [4.69, 9.17) is 10.3 Å². The molecule has 0 saturated heterocycles. The number of Topliss-reactive ketones (excluding diaryl/α,β-unsaturated/α-hetero) is 1. The van der Waals surface area contributed by atoms with Crippen LogP contribution in [0.3, 0.4) is 0 Å². The molecule has 0 aliphatic heterocycles. The fraction of sp³-hybridized carbons (Fsp3) is 0.250. The molecular weight excluding hydrogens is 164 g/mol. The van der Waals surface area contributed by atoms with Crippen LogP contribution in [-0.2, 0) is 9.59 Å². The van der Waals surface area contributed by atoms with Gasteiger partial charge in [0.2, 0.25) is 5.71 Å². The van der Waals surface area contributed by atoms with Gasteiger partial charge in [-0.1, -0.05) is 5.16 Å². The van der Waals surface area contributed by atoms with Gasteiger partial charge in [-0.05, 0) is 0 Å². The predicted molar refractivity (Wildman–Crippen MR) is 27.9 cm³/mol. The molecule has 0 aliphatic rings. The van der Waals surface area contributed by atoms with E-state index in [1.54, 1.807) is 0 Å². The van der Waals surface area contributed by atoms with Crippen molar-refractivity contribution in [2.75, 3.05) is 0 Å². The van der Waals surface area contributed by atoms with Crippen LogP contribution in [0.2, 0.25) is 0 Å². The monoisotopic (exact) mass is 167 g/mol. The van der Waals surface area contributed by atoms with Gasteiger partial charge in [-0.2, -0.15) is 0 Å². The van der Waals surface area contributed by atoms with E-state index in [1.807, 2.05) is 5.16 Å². The molecule has 11 heavy (non-hydrogen) atoms.